The quantitative estimate of drug-likeness (QED) is 0.523. The minimum atomic E-state index is -0.626. The molecule has 0 atom stereocenters. The number of ether oxygens (including phenoxy) is 2. The minimum absolute atomic E-state index is 0.243. The lowest BCUT2D eigenvalue weighted by atomic mass is 10.1. The molecule has 0 amide bonds. The number of hydrogen-bond donors (Lipinski definition) is 0. The second-order valence-electron chi connectivity index (χ2n) is 6.65. The van der Waals surface area contributed by atoms with Crippen LogP contribution in [0.5, 0.6) is 0 Å². The van der Waals surface area contributed by atoms with Gasteiger partial charge in [0.15, 0.2) is 5.69 Å². The van der Waals surface area contributed by atoms with Crippen molar-refractivity contribution in [1.82, 2.24) is 9.55 Å². The van der Waals surface area contributed by atoms with Gasteiger partial charge in [-0.1, -0.05) is 12.1 Å². The van der Waals surface area contributed by atoms with Crippen LogP contribution >= 0.6 is 10.0 Å². The van der Waals surface area contributed by atoms with Crippen LogP contribution in [0.15, 0.2) is 30.6 Å². The molecule has 0 unspecified atom stereocenters. The van der Waals surface area contributed by atoms with E-state index in [-0.39, 0.29) is 13.3 Å². The van der Waals surface area contributed by atoms with E-state index in [9.17, 15) is 4.79 Å². The third-order valence-electron chi connectivity index (χ3n) is 3.66. The smallest absolute Gasteiger partial charge is 0.357 e. The lowest BCUT2D eigenvalue weighted by Crippen LogP contribution is -2.16. The molecular weight excluding hydrogens is 350 g/mol. The van der Waals surface area contributed by atoms with Crippen LogP contribution < -0.4 is 0 Å². The Morgan fingerprint density at radius 1 is 1.27 bits per heavy atom. The summed E-state index contributed by atoms with van der Waals surface area (Å²) in [5.74, 6) is 0.563. The van der Waals surface area contributed by atoms with Crippen LogP contribution in [-0.4, -0.2) is 53.3 Å². The Balaban J connectivity index is 2.24. The summed E-state index contributed by atoms with van der Waals surface area (Å²) in [7, 11) is -0.626. The zero-order valence-corrected chi connectivity index (χ0v) is 16.5. The van der Waals surface area contributed by atoms with Gasteiger partial charge in [0.2, 0.25) is 0 Å². The highest BCUT2D eigenvalue weighted by Gasteiger charge is 2.21. The van der Waals surface area contributed by atoms with Crippen LogP contribution in [0.25, 0.3) is 11.3 Å². The van der Waals surface area contributed by atoms with E-state index >= 15 is 0 Å². The average Bonchev–Trinajstić information content (AvgIpc) is 3.02. The second-order valence-corrected chi connectivity index (χ2v) is 11.2. The highest BCUT2D eigenvalue weighted by atomic mass is 32.3. The highest BCUT2D eigenvalue weighted by molar-refractivity contribution is 8.32. The summed E-state index contributed by atoms with van der Waals surface area (Å²) in [4.78, 5) is 16.8. The monoisotopic (exact) mass is 375 g/mol. The van der Waals surface area contributed by atoms with E-state index in [4.69, 9.17) is 14.7 Å². The summed E-state index contributed by atoms with van der Waals surface area (Å²) in [6.45, 7) is 2.92. The van der Waals surface area contributed by atoms with Crippen molar-refractivity contribution in [3.8, 4) is 17.3 Å². The van der Waals surface area contributed by atoms with Crippen LogP contribution in [0, 0.1) is 11.3 Å². The molecule has 1 aromatic carbocycles. The van der Waals surface area contributed by atoms with Gasteiger partial charge >= 0.3 is 5.97 Å². The van der Waals surface area contributed by atoms with Crippen LogP contribution in [0.3, 0.4) is 0 Å². The van der Waals surface area contributed by atoms with E-state index < -0.39 is 16.0 Å². The normalized spacial score (nSPS) is 11.8. The van der Waals surface area contributed by atoms with Crippen LogP contribution in [0.4, 0.5) is 0 Å². The number of hydrogen-bond acceptors (Lipinski definition) is 5. The van der Waals surface area contributed by atoms with Gasteiger partial charge in [0.05, 0.1) is 31.2 Å². The Labute approximate surface area is 156 Å². The lowest BCUT2D eigenvalue weighted by Gasteiger charge is -2.24. The summed E-state index contributed by atoms with van der Waals surface area (Å²) >= 11 is 0. The molecular formula is C19H25N3O3S. The molecule has 0 saturated carbocycles. The van der Waals surface area contributed by atoms with Crippen molar-refractivity contribution in [3.05, 3.63) is 41.9 Å². The Morgan fingerprint density at radius 3 is 2.54 bits per heavy atom. The van der Waals surface area contributed by atoms with Gasteiger partial charge in [0.1, 0.15) is 12.4 Å². The number of aromatic nitrogens is 2. The fraction of sp³-hybridized carbons (Fsp3) is 0.421. The molecule has 0 saturated heterocycles. The highest BCUT2D eigenvalue weighted by Crippen LogP contribution is 2.33. The number of nitrogens with zero attached hydrogens (tertiary/aromatic N) is 3. The maximum Gasteiger partial charge on any atom is 0.357 e. The maximum absolute atomic E-state index is 12.4. The molecule has 2 aromatic rings. The standard InChI is InChI=1S/C19H25N3O3S/c1-5-25-19(23)18-17(16-8-6-15(12-20)7-9-16)21-13-22(18)14-24-10-11-26(2,3)4/h6-9,13H,5,10-11,14H2,1-4H3. The maximum atomic E-state index is 12.4. The molecule has 0 aliphatic carbocycles. The molecule has 0 spiro atoms. The minimum Gasteiger partial charge on any atom is -0.461 e. The van der Waals surface area contributed by atoms with Crippen molar-refractivity contribution in [3.63, 3.8) is 0 Å². The van der Waals surface area contributed by atoms with E-state index in [1.54, 1.807) is 42.1 Å². The van der Waals surface area contributed by atoms with Crippen molar-refractivity contribution in [2.24, 2.45) is 0 Å². The summed E-state index contributed by atoms with van der Waals surface area (Å²) in [5, 5.41) is 8.93. The summed E-state index contributed by atoms with van der Waals surface area (Å²) in [6.07, 6.45) is 8.30. The SMILES string of the molecule is CCOC(=O)c1c(-c2ccc(C#N)cc2)ncn1COCCS(C)(C)C. The first kappa shape index (κ1) is 20.0. The molecule has 6 nitrogen and oxygen atoms in total. The summed E-state index contributed by atoms with van der Waals surface area (Å²) in [5.41, 5.74) is 2.20. The zero-order valence-electron chi connectivity index (χ0n) is 15.7. The lowest BCUT2D eigenvalue weighted by molar-refractivity contribution is 0.0476. The molecule has 0 aliphatic heterocycles. The molecule has 1 aromatic heterocycles. The molecule has 140 valence electrons. The number of nitriles is 1. The van der Waals surface area contributed by atoms with Crippen LogP contribution in [0.2, 0.25) is 0 Å². The predicted molar refractivity (Wildman–Crippen MR) is 105 cm³/mol. The van der Waals surface area contributed by atoms with Gasteiger partial charge in [-0.3, -0.25) is 0 Å². The van der Waals surface area contributed by atoms with E-state index in [1.807, 2.05) is 0 Å². The fourth-order valence-electron chi connectivity index (χ4n) is 2.28. The molecule has 0 aliphatic rings. The van der Waals surface area contributed by atoms with Gasteiger partial charge in [0, 0.05) is 11.3 Å². The van der Waals surface area contributed by atoms with E-state index in [1.165, 1.54) is 0 Å². The Hall–Kier alpha value is -2.30. The molecule has 0 radical (unpaired) electrons. The molecule has 26 heavy (non-hydrogen) atoms. The number of imidazole rings is 1. The van der Waals surface area contributed by atoms with Gasteiger partial charge in [-0.05, 0) is 37.8 Å². The summed E-state index contributed by atoms with van der Waals surface area (Å²) < 4.78 is 12.6. The van der Waals surface area contributed by atoms with Gasteiger partial charge in [0.25, 0.3) is 0 Å². The predicted octanol–water partition coefficient (Wildman–Crippen LogP) is 3.27. The van der Waals surface area contributed by atoms with E-state index in [0.717, 1.165) is 11.3 Å². The Kier molecular flexibility index (Phi) is 6.83. The average molecular weight is 375 g/mol. The number of carbonyl (C=O) groups excluding carboxylic acids is 1. The second kappa shape index (κ2) is 8.88. The molecule has 2 rings (SSSR count). The number of carbonyl (C=O) groups is 1. The van der Waals surface area contributed by atoms with Crippen molar-refractivity contribution in [1.29, 1.82) is 5.26 Å². The summed E-state index contributed by atoms with van der Waals surface area (Å²) in [6, 6.07) is 9.03. The van der Waals surface area contributed by atoms with Gasteiger partial charge < -0.3 is 14.0 Å². The Morgan fingerprint density at radius 2 is 1.96 bits per heavy atom. The van der Waals surface area contributed by atoms with Crippen molar-refractivity contribution >= 4 is 16.0 Å². The van der Waals surface area contributed by atoms with Gasteiger partial charge in [-0.2, -0.15) is 5.26 Å². The number of benzene rings is 1. The van der Waals surface area contributed by atoms with E-state index in [0.29, 0.717) is 23.6 Å². The molecule has 0 N–H and O–H groups in total. The van der Waals surface area contributed by atoms with Crippen molar-refractivity contribution < 1.29 is 14.3 Å². The van der Waals surface area contributed by atoms with Crippen LogP contribution in [0.1, 0.15) is 23.0 Å². The zero-order chi connectivity index (χ0) is 19.2. The van der Waals surface area contributed by atoms with Gasteiger partial charge in [-0.25, -0.2) is 19.8 Å². The third-order valence-corrected chi connectivity index (χ3v) is 5.06. The topological polar surface area (TPSA) is 77.1 Å². The molecule has 0 fully saturated rings. The first-order valence-corrected chi connectivity index (χ1v) is 11.3. The van der Waals surface area contributed by atoms with Gasteiger partial charge in [-0.15, -0.1) is 0 Å². The van der Waals surface area contributed by atoms with Crippen molar-refractivity contribution in [2.45, 2.75) is 13.7 Å². The fourth-order valence-corrected chi connectivity index (χ4v) is 2.90. The van der Waals surface area contributed by atoms with Crippen LogP contribution in [-0.2, 0) is 16.2 Å². The third kappa shape index (κ3) is 5.35. The first-order valence-electron chi connectivity index (χ1n) is 8.32. The number of esters is 1. The number of rotatable bonds is 8. The molecule has 7 heteroatoms. The Bertz CT molecular complexity index is 786. The van der Waals surface area contributed by atoms with Crippen molar-refractivity contribution in [2.75, 3.05) is 37.7 Å². The first-order chi connectivity index (χ1) is 12.4. The largest absolute Gasteiger partial charge is 0.461 e. The molecule has 0 bridgehead atoms. The van der Waals surface area contributed by atoms with E-state index in [2.05, 4.69) is 29.8 Å². The molecule has 1 heterocycles.